The van der Waals surface area contributed by atoms with Crippen molar-refractivity contribution in [2.45, 2.75) is 82.8 Å². The van der Waals surface area contributed by atoms with E-state index >= 15 is 0 Å². The zero-order chi connectivity index (χ0) is 23.1. The first kappa shape index (κ1) is 24.3. The number of aromatic nitrogens is 4. The second kappa shape index (κ2) is 8.90. The van der Waals surface area contributed by atoms with E-state index in [1.165, 1.54) is 10.9 Å². The highest BCUT2D eigenvalue weighted by atomic mass is 35.5. The minimum Gasteiger partial charge on any atom is -0.388 e. The monoisotopic (exact) mass is 477 g/mol. The quantitative estimate of drug-likeness (QED) is 0.327. The van der Waals surface area contributed by atoms with Crippen molar-refractivity contribution in [3.8, 4) is 0 Å². The van der Waals surface area contributed by atoms with Crippen LogP contribution in [0.3, 0.4) is 0 Å². The van der Waals surface area contributed by atoms with Gasteiger partial charge < -0.3 is 30.1 Å². The molecule has 0 spiro atoms. The number of halogens is 1. The van der Waals surface area contributed by atoms with Gasteiger partial charge in [0, 0.05) is 6.42 Å². The first-order valence-corrected chi connectivity index (χ1v) is 12.1. The Kier molecular flexibility index (Phi) is 6.98. The molecule has 5 atom stereocenters. The lowest BCUT2D eigenvalue weighted by Gasteiger charge is -2.33. The van der Waals surface area contributed by atoms with Crippen molar-refractivity contribution in [3.63, 3.8) is 0 Å². The Balaban J connectivity index is 1.80. The molecule has 0 saturated carbocycles. The molecule has 5 N–H and O–H groups in total. The number of aliphatic hydroxyl groups excluding tert-OH is 2. The molecule has 1 aliphatic heterocycles. The number of ether oxygens (including phenoxy) is 1. The summed E-state index contributed by atoms with van der Waals surface area (Å²) in [6.07, 6.45) is -2.04. The van der Waals surface area contributed by atoms with Crippen molar-refractivity contribution in [2.24, 2.45) is 0 Å². The molecular formula is C18H29ClN5O6P. The Morgan fingerprint density at radius 2 is 1.97 bits per heavy atom. The summed E-state index contributed by atoms with van der Waals surface area (Å²) in [6, 6.07) is 0. The van der Waals surface area contributed by atoms with Gasteiger partial charge in [-0.2, -0.15) is 9.97 Å². The Morgan fingerprint density at radius 1 is 1.32 bits per heavy atom. The lowest BCUT2D eigenvalue weighted by molar-refractivity contribution is -0.0605. The normalized spacial score (nSPS) is 26.6. The molecule has 1 aliphatic rings. The van der Waals surface area contributed by atoms with E-state index in [9.17, 15) is 19.7 Å². The highest BCUT2D eigenvalue weighted by Gasteiger charge is 2.47. The number of hydrogen-bond acceptors (Lipinski definition) is 9. The molecule has 5 unspecified atom stereocenters. The van der Waals surface area contributed by atoms with Crippen LogP contribution in [0.2, 0.25) is 5.15 Å². The van der Waals surface area contributed by atoms with Crippen molar-refractivity contribution < 1.29 is 28.9 Å². The van der Waals surface area contributed by atoms with Crippen molar-refractivity contribution in [2.75, 3.05) is 5.73 Å². The van der Waals surface area contributed by atoms with Crippen molar-refractivity contribution in [1.82, 2.24) is 19.5 Å². The smallest absolute Gasteiger partial charge is 0.331 e. The first-order chi connectivity index (χ1) is 14.4. The molecule has 1 saturated heterocycles. The SMILES string of the molecule is CCC(CC)P(=O)(O)OC(C)(C)CC1OC(n2cnc3c(Cl)nc(N)nc32)C(O)C1O. The first-order valence-electron chi connectivity index (χ1n) is 10.1. The van der Waals surface area contributed by atoms with E-state index in [-0.39, 0.29) is 28.7 Å². The second-order valence-electron chi connectivity index (χ2n) is 8.33. The predicted octanol–water partition coefficient (Wildman–Crippen LogP) is 2.24. The minimum absolute atomic E-state index is 0.0560. The number of anilines is 1. The molecule has 3 rings (SSSR count). The van der Waals surface area contributed by atoms with Crippen LogP contribution in [0, 0.1) is 0 Å². The van der Waals surface area contributed by atoms with Crippen LogP contribution in [0.4, 0.5) is 5.95 Å². The molecule has 11 nitrogen and oxygen atoms in total. The standard InChI is InChI=1S/C18H29ClN5O6P/c1-5-9(6-2)31(27,28)30-18(3,4)7-10-12(25)13(26)16(29-10)24-8-21-11-14(19)22-17(20)23-15(11)24/h8-10,12-13,16,25-26H,5-7H2,1-4H3,(H,27,28)(H2,20,22,23). The largest absolute Gasteiger partial charge is 0.388 e. The molecule has 3 heterocycles. The Bertz CT molecular complexity index is 984. The molecule has 2 aromatic rings. The van der Waals surface area contributed by atoms with Crippen LogP contribution in [0.5, 0.6) is 0 Å². The molecule has 174 valence electrons. The van der Waals surface area contributed by atoms with Crippen LogP contribution in [-0.4, -0.2) is 64.2 Å². The summed E-state index contributed by atoms with van der Waals surface area (Å²) in [7, 11) is -3.88. The van der Waals surface area contributed by atoms with Gasteiger partial charge in [0.1, 0.15) is 17.7 Å². The average molecular weight is 478 g/mol. The van der Waals surface area contributed by atoms with E-state index in [0.717, 1.165) is 0 Å². The molecule has 31 heavy (non-hydrogen) atoms. The van der Waals surface area contributed by atoms with Crippen molar-refractivity contribution in [3.05, 3.63) is 11.5 Å². The van der Waals surface area contributed by atoms with Crippen LogP contribution < -0.4 is 5.73 Å². The van der Waals surface area contributed by atoms with Crippen LogP contribution in [0.15, 0.2) is 6.33 Å². The summed E-state index contributed by atoms with van der Waals surface area (Å²) in [6.45, 7) is 6.95. The maximum atomic E-state index is 12.7. The molecule has 1 fully saturated rings. The number of hydrogen-bond donors (Lipinski definition) is 4. The van der Waals surface area contributed by atoms with Gasteiger partial charge in [0.25, 0.3) is 0 Å². The summed E-state index contributed by atoms with van der Waals surface area (Å²) >= 11 is 6.05. The highest BCUT2D eigenvalue weighted by Crippen LogP contribution is 2.54. The van der Waals surface area contributed by atoms with Gasteiger partial charge in [-0.15, -0.1) is 0 Å². The minimum atomic E-state index is -3.88. The van der Waals surface area contributed by atoms with Crippen LogP contribution in [0.1, 0.15) is 53.2 Å². The summed E-state index contributed by atoms with van der Waals surface area (Å²) in [4.78, 5) is 22.5. The molecule has 2 aromatic heterocycles. The van der Waals surface area contributed by atoms with Gasteiger partial charge in [0.15, 0.2) is 17.0 Å². The van der Waals surface area contributed by atoms with Crippen molar-refractivity contribution >= 4 is 36.3 Å². The van der Waals surface area contributed by atoms with Crippen LogP contribution >= 0.6 is 19.2 Å². The molecule has 0 radical (unpaired) electrons. The van der Waals surface area contributed by atoms with Gasteiger partial charge in [0.05, 0.1) is 23.7 Å². The van der Waals surface area contributed by atoms with Crippen LogP contribution in [0.25, 0.3) is 11.2 Å². The number of rotatable bonds is 8. The Labute approximate surface area is 185 Å². The van der Waals surface area contributed by atoms with E-state index in [0.29, 0.717) is 12.8 Å². The van der Waals surface area contributed by atoms with Gasteiger partial charge in [-0.05, 0) is 26.7 Å². The lowest BCUT2D eigenvalue weighted by atomic mass is 9.97. The molecular weight excluding hydrogens is 449 g/mol. The van der Waals surface area contributed by atoms with E-state index in [1.807, 2.05) is 13.8 Å². The molecule has 0 aliphatic carbocycles. The molecule has 13 heteroatoms. The van der Waals surface area contributed by atoms with E-state index in [1.54, 1.807) is 13.8 Å². The number of aliphatic hydroxyl groups is 2. The van der Waals surface area contributed by atoms with Gasteiger partial charge in [0.2, 0.25) is 5.95 Å². The fourth-order valence-electron chi connectivity index (χ4n) is 3.91. The fraction of sp³-hybridized carbons (Fsp3) is 0.722. The molecule has 0 bridgehead atoms. The maximum Gasteiger partial charge on any atom is 0.331 e. The number of fused-ring (bicyclic) bond motifs is 1. The van der Waals surface area contributed by atoms with E-state index in [2.05, 4.69) is 15.0 Å². The Morgan fingerprint density at radius 3 is 2.58 bits per heavy atom. The lowest BCUT2D eigenvalue weighted by Crippen LogP contribution is -2.37. The number of imidazole rings is 1. The summed E-state index contributed by atoms with van der Waals surface area (Å²) in [5, 5.41) is 21.3. The van der Waals surface area contributed by atoms with E-state index < -0.39 is 43.4 Å². The van der Waals surface area contributed by atoms with Gasteiger partial charge in [-0.3, -0.25) is 9.13 Å². The number of nitrogens with two attached hydrogens (primary N) is 1. The maximum absolute atomic E-state index is 12.7. The fourth-order valence-corrected chi connectivity index (χ4v) is 5.99. The summed E-state index contributed by atoms with van der Waals surface area (Å²) < 4.78 is 25.6. The zero-order valence-electron chi connectivity index (χ0n) is 17.8. The third kappa shape index (κ3) is 4.88. The molecule has 0 amide bonds. The van der Waals surface area contributed by atoms with E-state index in [4.69, 9.17) is 26.6 Å². The van der Waals surface area contributed by atoms with Gasteiger partial charge >= 0.3 is 7.60 Å². The molecule has 0 aromatic carbocycles. The topological polar surface area (TPSA) is 166 Å². The Hall–Kier alpha value is -1.33. The third-order valence-electron chi connectivity index (χ3n) is 5.48. The van der Waals surface area contributed by atoms with Gasteiger partial charge in [-0.25, -0.2) is 4.98 Å². The zero-order valence-corrected chi connectivity index (χ0v) is 19.5. The number of nitrogens with zero attached hydrogens (tertiary/aromatic N) is 4. The summed E-state index contributed by atoms with van der Waals surface area (Å²) in [5.41, 5.74) is 4.61. The second-order valence-corrected chi connectivity index (χ2v) is 10.7. The van der Waals surface area contributed by atoms with Gasteiger partial charge in [-0.1, -0.05) is 25.4 Å². The number of nitrogen functional groups attached to an aromatic ring is 1. The third-order valence-corrected chi connectivity index (χ3v) is 8.15. The summed E-state index contributed by atoms with van der Waals surface area (Å²) in [5.74, 6) is -0.0709. The average Bonchev–Trinajstić information content (AvgIpc) is 3.17. The van der Waals surface area contributed by atoms with Crippen molar-refractivity contribution in [1.29, 1.82) is 0 Å². The van der Waals surface area contributed by atoms with Crippen LogP contribution in [-0.2, 0) is 13.8 Å². The highest BCUT2D eigenvalue weighted by molar-refractivity contribution is 7.53. The predicted molar refractivity (Wildman–Crippen MR) is 115 cm³/mol.